The molecular formula is C29H32N4O5S. The first-order valence-electron chi connectivity index (χ1n) is 12.4. The number of rotatable bonds is 8. The number of pyridine rings is 1. The Hall–Kier alpha value is -4.05. The minimum Gasteiger partial charge on any atom is -0.497 e. The fourth-order valence-electron chi connectivity index (χ4n) is 4.09. The molecule has 0 aliphatic carbocycles. The molecule has 0 saturated heterocycles. The number of carbonyl (C=O) groups is 1. The zero-order chi connectivity index (χ0) is 28.2. The molecule has 1 amide bonds. The molecule has 9 nitrogen and oxygen atoms in total. The summed E-state index contributed by atoms with van der Waals surface area (Å²) in [5, 5.41) is 4.09. The summed E-state index contributed by atoms with van der Waals surface area (Å²) >= 11 is 1.41. The van der Waals surface area contributed by atoms with Crippen LogP contribution in [0, 0.1) is 0 Å². The number of aryl methyl sites for hydroxylation is 2. The standard InChI is InChI=1S/C29H32N4O5S/c1-29(2,3)38-28(35)31-21-9-7-8-18(12-21)10-11-33-25-20(17-30-27(32-25)39-6)15-24(26(33)34)19-13-22(36-4)16-23(14-19)37-5/h7-9,12-17H,10-11H2,1-6H3,(H,31,35). The molecular weight excluding hydrogens is 516 g/mol. The third-order valence-electron chi connectivity index (χ3n) is 5.85. The first-order chi connectivity index (χ1) is 18.6. The molecule has 39 heavy (non-hydrogen) atoms. The van der Waals surface area contributed by atoms with Crippen molar-refractivity contribution in [1.29, 1.82) is 0 Å². The SMILES string of the molecule is COc1cc(OC)cc(-c2cc3cnc(SC)nc3n(CCc3cccc(NC(=O)OC(C)(C)C)c3)c2=O)c1. The van der Waals surface area contributed by atoms with Gasteiger partial charge >= 0.3 is 6.09 Å². The molecule has 0 atom stereocenters. The van der Waals surface area contributed by atoms with Gasteiger partial charge in [0.2, 0.25) is 0 Å². The Balaban J connectivity index is 1.71. The van der Waals surface area contributed by atoms with Crippen LogP contribution in [-0.4, -0.2) is 46.7 Å². The fraction of sp³-hybridized carbons (Fsp3) is 0.310. The lowest BCUT2D eigenvalue weighted by atomic mass is 10.0. The predicted octanol–water partition coefficient (Wildman–Crippen LogP) is 5.79. The highest BCUT2D eigenvalue weighted by Gasteiger charge is 2.17. The fourth-order valence-corrected chi connectivity index (χ4v) is 4.42. The molecule has 2 aromatic heterocycles. The molecule has 0 bridgehead atoms. The van der Waals surface area contributed by atoms with Gasteiger partial charge in [-0.1, -0.05) is 23.9 Å². The van der Waals surface area contributed by atoms with Crippen molar-refractivity contribution >= 4 is 34.6 Å². The smallest absolute Gasteiger partial charge is 0.412 e. The van der Waals surface area contributed by atoms with Crippen LogP contribution < -0.4 is 20.3 Å². The molecule has 2 aromatic carbocycles. The average Bonchev–Trinajstić information content (AvgIpc) is 2.90. The predicted molar refractivity (Wildman–Crippen MR) is 154 cm³/mol. The molecule has 0 unspecified atom stereocenters. The number of anilines is 1. The Morgan fingerprint density at radius 3 is 2.41 bits per heavy atom. The van der Waals surface area contributed by atoms with Crippen LogP contribution >= 0.6 is 11.8 Å². The van der Waals surface area contributed by atoms with Crippen molar-refractivity contribution in [3.05, 3.63) is 70.6 Å². The second kappa shape index (κ2) is 11.8. The van der Waals surface area contributed by atoms with Gasteiger partial charge in [-0.3, -0.25) is 14.7 Å². The molecule has 0 saturated carbocycles. The summed E-state index contributed by atoms with van der Waals surface area (Å²) < 4.78 is 17.9. The Morgan fingerprint density at radius 2 is 1.77 bits per heavy atom. The number of nitrogens with zero attached hydrogens (tertiary/aromatic N) is 3. The minimum absolute atomic E-state index is 0.188. The highest BCUT2D eigenvalue weighted by atomic mass is 32.2. The lowest BCUT2D eigenvalue weighted by Gasteiger charge is -2.19. The molecule has 0 aliphatic rings. The second-order valence-electron chi connectivity index (χ2n) is 9.83. The van der Waals surface area contributed by atoms with Gasteiger partial charge in [0.1, 0.15) is 22.7 Å². The average molecular weight is 549 g/mol. The van der Waals surface area contributed by atoms with E-state index in [9.17, 15) is 9.59 Å². The van der Waals surface area contributed by atoms with E-state index < -0.39 is 11.7 Å². The van der Waals surface area contributed by atoms with Crippen LogP contribution in [-0.2, 0) is 17.7 Å². The van der Waals surface area contributed by atoms with Gasteiger partial charge in [0, 0.05) is 35.4 Å². The summed E-state index contributed by atoms with van der Waals surface area (Å²) in [6.07, 6.45) is 3.63. The van der Waals surface area contributed by atoms with E-state index in [0.29, 0.717) is 52.1 Å². The monoisotopic (exact) mass is 548 g/mol. The Bertz CT molecular complexity index is 1540. The number of thioether (sulfide) groups is 1. The number of fused-ring (bicyclic) bond motifs is 1. The number of aromatic nitrogens is 3. The Kier molecular flexibility index (Phi) is 8.44. The van der Waals surface area contributed by atoms with Crippen molar-refractivity contribution in [3.63, 3.8) is 0 Å². The first-order valence-corrected chi connectivity index (χ1v) is 13.6. The van der Waals surface area contributed by atoms with Crippen molar-refractivity contribution in [1.82, 2.24) is 14.5 Å². The molecule has 4 aromatic rings. The molecule has 4 rings (SSSR count). The third kappa shape index (κ3) is 6.88. The maximum atomic E-state index is 13.9. The summed E-state index contributed by atoms with van der Waals surface area (Å²) in [5.41, 5.74) is 2.48. The zero-order valence-corrected chi connectivity index (χ0v) is 23.7. The largest absolute Gasteiger partial charge is 0.497 e. The van der Waals surface area contributed by atoms with E-state index in [2.05, 4.69) is 15.3 Å². The van der Waals surface area contributed by atoms with Crippen LogP contribution in [0.5, 0.6) is 11.5 Å². The first kappa shape index (κ1) is 28.0. The molecule has 1 N–H and O–H groups in total. The molecule has 204 valence electrons. The van der Waals surface area contributed by atoms with Crippen LogP contribution in [0.3, 0.4) is 0 Å². The molecule has 2 heterocycles. The van der Waals surface area contributed by atoms with Gasteiger partial charge in [0.05, 0.1) is 14.2 Å². The maximum absolute atomic E-state index is 13.9. The summed E-state index contributed by atoms with van der Waals surface area (Å²) in [7, 11) is 3.14. The normalized spacial score (nSPS) is 11.3. The second-order valence-corrected chi connectivity index (χ2v) is 10.6. The summed E-state index contributed by atoms with van der Waals surface area (Å²) in [4.78, 5) is 35.2. The molecule has 10 heteroatoms. The van der Waals surface area contributed by atoms with Crippen LogP contribution in [0.25, 0.3) is 22.2 Å². The lowest BCUT2D eigenvalue weighted by Crippen LogP contribution is -2.27. The topological polar surface area (TPSA) is 105 Å². The van der Waals surface area contributed by atoms with Crippen LogP contribution in [0.1, 0.15) is 26.3 Å². The molecule has 0 aliphatic heterocycles. The quantitative estimate of drug-likeness (QED) is 0.218. The van der Waals surface area contributed by atoms with E-state index in [0.717, 1.165) is 10.9 Å². The highest BCUT2D eigenvalue weighted by Crippen LogP contribution is 2.30. The lowest BCUT2D eigenvalue weighted by molar-refractivity contribution is 0.0636. The highest BCUT2D eigenvalue weighted by molar-refractivity contribution is 7.98. The zero-order valence-electron chi connectivity index (χ0n) is 22.9. The van der Waals surface area contributed by atoms with Crippen molar-refractivity contribution in [3.8, 4) is 22.6 Å². The van der Waals surface area contributed by atoms with Gasteiger partial charge in [-0.05, 0) is 74.9 Å². The van der Waals surface area contributed by atoms with Crippen LogP contribution in [0.4, 0.5) is 10.5 Å². The van der Waals surface area contributed by atoms with Gasteiger partial charge in [-0.25, -0.2) is 14.8 Å². The van der Waals surface area contributed by atoms with Crippen LogP contribution in [0.15, 0.2) is 64.7 Å². The number of benzene rings is 2. The number of hydrogen-bond acceptors (Lipinski definition) is 8. The summed E-state index contributed by atoms with van der Waals surface area (Å²) in [5.74, 6) is 1.16. The van der Waals surface area contributed by atoms with Gasteiger partial charge in [0.15, 0.2) is 5.16 Å². The van der Waals surface area contributed by atoms with Crippen molar-refractivity contribution in [2.75, 3.05) is 25.8 Å². The van der Waals surface area contributed by atoms with Gasteiger partial charge < -0.3 is 14.2 Å². The van der Waals surface area contributed by atoms with E-state index in [4.69, 9.17) is 14.2 Å². The number of nitrogens with one attached hydrogen (secondary N) is 1. The van der Waals surface area contributed by atoms with Gasteiger partial charge in [-0.15, -0.1) is 0 Å². The van der Waals surface area contributed by atoms with E-state index in [1.165, 1.54) is 11.8 Å². The number of amides is 1. The number of methoxy groups -OCH3 is 2. The van der Waals surface area contributed by atoms with E-state index in [1.807, 2.05) is 45.2 Å². The Morgan fingerprint density at radius 1 is 1.05 bits per heavy atom. The summed E-state index contributed by atoms with van der Waals surface area (Å²) in [6.45, 7) is 5.80. The maximum Gasteiger partial charge on any atom is 0.412 e. The van der Waals surface area contributed by atoms with E-state index in [1.54, 1.807) is 55.3 Å². The molecule has 0 spiro atoms. The Labute approximate surface area is 231 Å². The minimum atomic E-state index is -0.598. The van der Waals surface area contributed by atoms with Crippen molar-refractivity contribution in [2.24, 2.45) is 0 Å². The third-order valence-corrected chi connectivity index (χ3v) is 6.41. The van der Waals surface area contributed by atoms with Crippen molar-refractivity contribution in [2.45, 2.75) is 44.5 Å². The van der Waals surface area contributed by atoms with E-state index >= 15 is 0 Å². The number of hydrogen-bond donors (Lipinski definition) is 1. The number of ether oxygens (including phenoxy) is 3. The van der Waals surface area contributed by atoms with E-state index in [-0.39, 0.29) is 5.56 Å². The van der Waals surface area contributed by atoms with Crippen LogP contribution in [0.2, 0.25) is 0 Å². The van der Waals surface area contributed by atoms with Gasteiger partial charge in [-0.2, -0.15) is 0 Å². The van der Waals surface area contributed by atoms with Crippen molar-refractivity contribution < 1.29 is 19.0 Å². The van der Waals surface area contributed by atoms with Gasteiger partial charge in [0.25, 0.3) is 5.56 Å². The molecule has 0 radical (unpaired) electrons. The molecule has 0 fully saturated rings. The summed E-state index contributed by atoms with van der Waals surface area (Å²) in [6, 6.07) is 14.6. The number of carbonyl (C=O) groups excluding carboxylic acids is 1.